The Balaban J connectivity index is 2.76. The molecule has 0 saturated heterocycles. The van der Waals surface area contributed by atoms with E-state index < -0.39 is 5.54 Å². The van der Waals surface area contributed by atoms with Crippen LogP contribution >= 0.6 is 23.2 Å². The van der Waals surface area contributed by atoms with Gasteiger partial charge in [0.2, 0.25) is 0 Å². The molecule has 1 aromatic heterocycles. The molecule has 0 saturated carbocycles. The first-order valence-corrected chi connectivity index (χ1v) is 6.13. The maximum absolute atomic E-state index is 11.9. The van der Waals surface area contributed by atoms with E-state index >= 15 is 0 Å². The lowest BCUT2D eigenvalue weighted by atomic mass is 10.0. The number of alkyl halides is 2. The van der Waals surface area contributed by atoms with Crippen molar-refractivity contribution in [1.29, 1.82) is 0 Å². The van der Waals surface area contributed by atoms with Gasteiger partial charge in [0.15, 0.2) is 0 Å². The van der Waals surface area contributed by atoms with Crippen molar-refractivity contribution in [3.05, 3.63) is 23.7 Å². The van der Waals surface area contributed by atoms with Gasteiger partial charge in [0.1, 0.15) is 12.0 Å². The Hall–Kier alpha value is -0.670. The van der Waals surface area contributed by atoms with Crippen molar-refractivity contribution in [3.8, 4) is 0 Å². The molecule has 1 amide bonds. The molecule has 0 fully saturated rings. The molecule has 0 aliphatic carbocycles. The molecule has 0 spiro atoms. The highest BCUT2D eigenvalue weighted by molar-refractivity contribution is 6.22. The predicted molar refractivity (Wildman–Crippen MR) is 65.4 cm³/mol. The van der Waals surface area contributed by atoms with E-state index in [1.165, 1.54) is 6.26 Å². The third-order valence-electron chi connectivity index (χ3n) is 2.56. The van der Waals surface area contributed by atoms with Crippen LogP contribution in [0.15, 0.2) is 16.7 Å². The van der Waals surface area contributed by atoms with E-state index in [1.54, 1.807) is 13.0 Å². The van der Waals surface area contributed by atoms with Crippen LogP contribution in [0.5, 0.6) is 0 Å². The maximum Gasteiger partial charge on any atom is 0.255 e. The minimum atomic E-state index is -0.550. The van der Waals surface area contributed by atoms with Crippen LogP contribution in [0.4, 0.5) is 0 Å². The summed E-state index contributed by atoms with van der Waals surface area (Å²) < 4.78 is 5.07. The summed E-state index contributed by atoms with van der Waals surface area (Å²) in [6.45, 7) is 3.72. The summed E-state index contributed by atoms with van der Waals surface area (Å²) in [4.78, 5) is 11.9. The zero-order chi connectivity index (χ0) is 12.2. The fraction of sp³-hybridized carbons (Fsp3) is 0.545. The van der Waals surface area contributed by atoms with Crippen molar-refractivity contribution in [1.82, 2.24) is 5.32 Å². The molecule has 0 radical (unpaired) electrons. The summed E-state index contributed by atoms with van der Waals surface area (Å²) in [6, 6.07) is 1.68. The molecule has 1 aromatic rings. The molecular weight excluding hydrogens is 249 g/mol. The normalized spacial score (nSPS) is 11.5. The summed E-state index contributed by atoms with van der Waals surface area (Å²) >= 11 is 11.7. The lowest BCUT2D eigenvalue weighted by Crippen LogP contribution is -2.51. The molecule has 90 valence electrons. The lowest BCUT2D eigenvalue weighted by molar-refractivity contribution is 0.0913. The van der Waals surface area contributed by atoms with E-state index in [-0.39, 0.29) is 17.7 Å². The maximum atomic E-state index is 11.9. The van der Waals surface area contributed by atoms with E-state index in [0.717, 1.165) is 0 Å². The van der Waals surface area contributed by atoms with Gasteiger partial charge in [-0.25, -0.2) is 0 Å². The highest BCUT2D eigenvalue weighted by Crippen LogP contribution is 2.16. The van der Waals surface area contributed by atoms with Crippen LogP contribution in [0.25, 0.3) is 0 Å². The molecule has 0 atom stereocenters. The van der Waals surface area contributed by atoms with E-state index in [2.05, 4.69) is 5.32 Å². The van der Waals surface area contributed by atoms with Crippen molar-refractivity contribution in [2.24, 2.45) is 0 Å². The van der Waals surface area contributed by atoms with Crippen LogP contribution in [0.3, 0.4) is 0 Å². The van der Waals surface area contributed by atoms with Gasteiger partial charge in [-0.05, 0) is 19.4 Å². The van der Waals surface area contributed by atoms with Gasteiger partial charge in [-0.1, -0.05) is 6.92 Å². The van der Waals surface area contributed by atoms with Crippen molar-refractivity contribution >= 4 is 29.1 Å². The molecule has 0 unspecified atom stereocenters. The first-order chi connectivity index (χ1) is 7.56. The summed E-state index contributed by atoms with van der Waals surface area (Å²) in [7, 11) is 0. The molecule has 16 heavy (non-hydrogen) atoms. The number of hydrogen-bond acceptors (Lipinski definition) is 2. The smallest absolute Gasteiger partial charge is 0.255 e. The van der Waals surface area contributed by atoms with Crippen LogP contribution in [0, 0.1) is 6.92 Å². The molecule has 1 heterocycles. The minimum Gasteiger partial charge on any atom is -0.469 e. The Bertz CT molecular complexity index is 350. The molecule has 1 rings (SSSR count). The fourth-order valence-electron chi connectivity index (χ4n) is 1.26. The second kappa shape index (κ2) is 5.60. The number of carbonyl (C=O) groups excluding carboxylic acids is 1. The number of amides is 1. The third kappa shape index (κ3) is 2.92. The molecular formula is C11H15Cl2NO2. The van der Waals surface area contributed by atoms with Crippen LogP contribution < -0.4 is 5.32 Å². The first-order valence-electron chi connectivity index (χ1n) is 5.06. The van der Waals surface area contributed by atoms with Gasteiger partial charge in [0, 0.05) is 11.8 Å². The topological polar surface area (TPSA) is 42.2 Å². The largest absolute Gasteiger partial charge is 0.469 e. The number of nitrogens with one attached hydrogen (secondary N) is 1. The Kier molecular flexibility index (Phi) is 4.69. The summed E-state index contributed by atoms with van der Waals surface area (Å²) in [5, 5.41) is 2.85. The molecule has 5 heteroatoms. The van der Waals surface area contributed by atoms with Crippen molar-refractivity contribution < 1.29 is 9.21 Å². The highest BCUT2D eigenvalue weighted by Gasteiger charge is 2.28. The van der Waals surface area contributed by atoms with Crippen LogP contribution in [0.1, 0.15) is 29.5 Å². The van der Waals surface area contributed by atoms with E-state index in [1.807, 2.05) is 6.92 Å². The lowest BCUT2D eigenvalue weighted by Gasteiger charge is -2.29. The average molecular weight is 264 g/mol. The Morgan fingerprint density at radius 2 is 2.12 bits per heavy atom. The van der Waals surface area contributed by atoms with E-state index in [4.69, 9.17) is 27.6 Å². The van der Waals surface area contributed by atoms with Crippen molar-refractivity contribution in [2.75, 3.05) is 11.8 Å². The monoisotopic (exact) mass is 263 g/mol. The second-order valence-corrected chi connectivity index (χ2v) is 4.34. The quantitative estimate of drug-likeness (QED) is 0.831. The Morgan fingerprint density at radius 1 is 1.50 bits per heavy atom. The number of furan rings is 1. The average Bonchev–Trinajstić information content (AvgIpc) is 2.73. The van der Waals surface area contributed by atoms with Crippen LogP contribution in [-0.2, 0) is 0 Å². The van der Waals surface area contributed by atoms with Gasteiger partial charge in [0.25, 0.3) is 5.91 Å². The van der Waals surface area contributed by atoms with Gasteiger partial charge >= 0.3 is 0 Å². The molecule has 0 bridgehead atoms. The molecule has 0 aromatic carbocycles. The van der Waals surface area contributed by atoms with Gasteiger partial charge < -0.3 is 9.73 Å². The SMILES string of the molecule is CCC(CCl)(CCl)NC(=O)c1coc(C)c1. The minimum absolute atomic E-state index is 0.208. The number of rotatable bonds is 5. The Morgan fingerprint density at radius 3 is 2.50 bits per heavy atom. The number of halogens is 2. The summed E-state index contributed by atoms with van der Waals surface area (Å²) in [6.07, 6.45) is 2.11. The predicted octanol–water partition coefficient (Wildman–Crippen LogP) is 2.94. The molecule has 1 N–H and O–H groups in total. The molecule has 0 aliphatic rings. The van der Waals surface area contributed by atoms with Crippen LogP contribution in [0.2, 0.25) is 0 Å². The standard InChI is InChI=1S/C11H15Cl2NO2/c1-3-11(6-12,7-13)14-10(15)9-4-8(2)16-5-9/h4-5H,3,6-7H2,1-2H3,(H,14,15). The molecule has 0 aliphatic heterocycles. The number of hydrogen-bond donors (Lipinski definition) is 1. The zero-order valence-corrected chi connectivity index (χ0v) is 10.9. The van der Waals surface area contributed by atoms with Crippen molar-refractivity contribution in [3.63, 3.8) is 0 Å². The summed E-state index contributed by atoms with van der Waals surface area (Å²) in [5.41, 5.74) is -0.0590. The third-order valence-corrected chi connectivity index (χ3v) is 3.58. The first kappa shape index (κ1) is 13.4. The number of aryl methyl sites for hydroxylation is 1. The van der Waals surface area contributed by atoms with Crippen LogP contribution in [-0.4, -0.2) is 23.2 Å². The van der Waals surface area contributed by atoms with Crippen molar-refractivity contribution in [2.45, 2.75) is 25.8 Å². The van der Waals surface area contributed by atoms with Gasteiger partial charge in [-0.3, -0.25) is 4.79 Å². The highest BCUT2D eigenvalue weighted by atomic mass is 35.5. The van der Waals surface area contributed by atoms with Gasteiger partial charge in [-0.2, -0.15) is 0 Å². The second-order valence-electron chi connectivity index (χ2n) is 3.80. The van der Waals surface area contributed by atoms with Gasteiger partial charge in [-0.15, -0.1) is 23.2 Å². The number of carbonyl (C=O) groups is 1. The van der Waals surface area contributed by atoms with Gasteiger partial charge in [0.05, 0.1) is 11.1 Å². The Labute approximate surface area is 105 Å². The fourth-order valence-corrected chi connectivity index (χ4v) is 2.05. The zero-order valence-electron chi connectivity index (χ0n) is 9.35. The van der Waals surface area contributed by atoms with E-state index in [0.29, 0.717) is 17.7 Å². The molecule has 3 nitrogen and oxygen atoms in total. The van der Waals surface area contributed by atoms with E-state index in [9.17, 15) is 4.79 Å². The summed E-state index contributed by atoms with van der Waals surface area (Å²) in [5.74, 6) is 1.06.